The second kappa shape index (κ2) is 5.86. The van der Waals surface area contributed by atoms with E-state index >= 15 is 0 Å². The molecular formula is C12H16N2O2. The lowest BCUT2D eigenvalue weighted by atomic mass is 10.1. The van der Waals surface area contributed by atoms with E-state index in [1.165, 1.54) is 0 Å². The largest absolute Gasteiger partial charge is 0.496 e. The number of hydrogen-bond acceptors (Lipinski definition) is 4. The third-order valence-electron chi connectivity index (χ3n) is 2.33. The number of hydrogen-bond donors (Lipinski definition) is 1. The van der Waals surface area contributed by atoms with Crippen LogP contribution >= 0.6 is 0 Å². The fraction of sp³-hybridized carbons (Fsp3) is 0.417. The molecule has 86 valence electrons. The smallest absolute Gasteiger partial charge is 0.148 e. The van der Waals surface area contributed by atoms with E-state index in [0.717, 1.165) is 22.7 Å². The van der Waals surface area contributed by atoms with Gasteiger partial charge in [0.2, 0.25) is 0 Å². The molecule has 0 aliphatic heterocycles. The maximum atomic E-state index is 8.47. The van der Waals surface area contributed by atoms with Crippen LogP contribution in [0.3, 0.4) is 0 Å². The van der Waals surface area contributed by atoms with Crippen molar-refractivity contribution in [2.24, 2.45) is 0 Å². The van der Waals surface area contributed by atoms with Crippen molar-refractivity contribution in [2.75, 3.05) is 26.1 Å². The molecule has 1 aromatic rings. The average Bonchev–Trinajstić information content (AvgIpc) is 2.30. The summed E-state index contributed by atoms with van der Waals surface area (Å²) >= 11 is 0. The van der Waals surface area contributed by atoms with E-state index in [4.69, 9.17) is 14.7 Å². The predicted molar refractivity (Wildman–Crippen MR) is 63.0 cm³/mol. The predicted octanol–water partition coefficient (Wildman–Crippen LogP) is 2.34. The van der Waals surface area contributed by atoms with Gasteiger partial charge in [0.05, 0.1) is 32.4 Å². The molecule has 0 fully saturated rings. The normalized spacial score (nSPS) is 9.38. The van der Waals surface area contributed by atoms with Crippen LogP contribution in [-0.2, 0) is 0 Å². The Morgan fingerprint density at radius 3 is 2.62 bits per heavy atom. The minimum atomic E-state index is 0.466. The van der Waals surface area contributed by atoms with Crippen molar-refractivity contribution >= 4 is 5.69 Å². The van der Waals surface area contributed by atoms with Gasteiger partial charge in [0, 0.05) is 12.1 Å². The molecular weight excluding hydrogens is 204 g/mol. The van der Waals surface area contributed by atoms with E-state index in [2.05, 4.69) is 11.4 Å². The topological polar surface area (TPSA) is 54.3 Å². The van der Waals surface area contributed by atoms with Crippen molar-refractivity contribution in [2.45, 2.75) is 13.3 Å². The lowest BCUT2D eigenvalue weighted by Gasteiger charge is -2.15. The minimum Gasteiger partial charge on any atom is -0.496 e. The summed E-state index contributed by atoms with van der Waals surface area (Å²) in [4.78, 5) is 0. The number of anilines is 1. The molecule has 0 saturated carbocycles. The Hall–Kier alpha value is -1.89. The van der Waals surface area contributed by atoms with Crippen molar-refractivity contribution in [1.29, 1.82) is 5.26 Å². The molecule has 1 N–H and O–H groups in total. The average molecular weight is 220 g/mol. The molecule has 16 heavy (non-hydrogen) atoms. The Balaban J connectivity index is 2.93. The third kappa shape index (κ3) is 2.57. The number of nitriles is 1. The highest BCUT2D eigenvalue weighted by atomic mass is 16.5. The Labute approximate surface area is 95.8 Å². The fourth-order valence-electron chi connectivity index (χ4n) is 1.55. The second-order valence-corrected chi connectivity index (χ2v) is 3.31. The molecule has 1 rings (SSSR count). The molecule has 1 aromatic carbocycles. The Morgan fingerprint density at radius 2 is 2.06 bits per heavy atom. The SMILES string of the molecule is COc1ccc(NCCC#N)c(OC)c1C. The van der Waals surface area contributed by atoms with E-state index in [-0.39, 0.29) is 0 Å². The lowest BCUT2D eigenvalue weighted by molar-refractivity contribution is 0.390. The zero-order chi connectivity index (χ0) is 12.0. The molecule has 0 amide bonds. The van der Waals surface area contributed by atoms with Crippen molar-refractivity contribution in [3.05, 3.63) is 17.7 Å². The number of nitrogens with one attached hydrogen (secondary N) is 1. The van der Waals surface area contributed by atoms with Gasteiger partial charge in [-0.3, -0.25) is 0 Å². The Morgan fingerprint density at radius 1 is 1.31 bits per heavy atom. The van der Waals surface area contributed by atoms with Crippen molar-refractivity contribution in [3.8, 4) is 17.6 Å². The van der Waals surface area contributed by atoms with E-state index in [1.54, 1.807) is 14.2 Å². The summed E-state index contributed by atoms with van der Waals surface area (Å²) in [5.74, 6) is 1.56. The Bertz CT molecular complexity index is 397. The first-order valence-electron chi connectivity index (χ1n) is 5.07. The van der Waals surface area contributed by atoms with Gasteiger partial charge in [-0.2, -0.15) is 5.26 Å². The Kier molecular flexibility index (Phi) is 4.46. The van der Waals surface area contributed by atoms with Gasteiger partial charge in [-0.05, 0) is 19.1 Å². The van der Waals surface area contributed by atoms with Crippen LogP contribution in [0.15, 0.2) is 12.1 Å². The number of rotatable bonds is 5. The maximum Gasteiger partial charge on any atom is 0.148 e. The molecule has 4 heteroatoms. The quantitative estimate of drug-likeness (QED) is 0.774. The van der Waals surface area contributed by atoms with Gasteiger partial charge in [-0.1, -0.05) is 0 Å². The van der Waals surface area contributed by atoms with Crippen LogP contribution < -0.4 is 14.8 Å². The standard InChI is InChI=1S/C12H16N2O2/c1-9-11(15-2)6-5-10(12(9)16-3)14-8-4-7-13/h5-6,14H,4,8H2,1-3H3. The number of nitrogens with zero attached hydrogens (tertiary/aromatic N) is 1. The summed E-state index contributed by atoms with van der Waals surface area (Å²) in [7, 11) is 3.25. The molecule has 0 aromatic heterocycles. The summed E-state index contributed by atoms with van der Waals surface area (Å²) in [5.41, 5.74) is 1.84. The highest BCUT2D eigenvalue weighted by molar-refractivity contribution is 5.63. The number of benzene rings is 1. The van der Waals surface area contributed by atoms with E-state index < -0.39 is 0 Å². The first kappa shape index (κ1) is 12.2. The van der Waals surface area contributed by atoms with Crippen molar-refractivity contribution in [3.63, 3.8) is 0 Å². The molecule has 0 bridgehead atoms. The molecule has 0 unspecified atom stereocenters. The van der Waals surface area contributed by atoms with Gasteiger partial charge in [0.15, 0.2) is 0 Å². The van der Waals surface area contributed by atoms with Crippen LogP contribution in [0.2, 0.25) is 0 Å². The minimum absolute atomic E-state index is 0.466. The zero-order valence-corrected chi connectivity index (χ0v) is 9.83. The monoisotopic (exact) mass is 220 g/mol. The van der Waals surface area contributed by atoms with Gasteiger partial charge < -0.3 is 14.8 Å². The highest BCUT2D eigenvalue weighted by Crippen LogP contribution is 2.34. The molecule has 0 saturated heterocycles. The number of ether oxygens (including phenoxy) is 2. The molecule has 0 radical (unpaired) electrons. The van der Waals surface area contributed by atoms with Crippen LogP contribution in [0.25, 0.3) is 0 Å². The van der Waals surface area contributed by atoms with Gasteiger partial charge in [-0.15, -0.1) is 0 Å². The summed E-state index contributed by atoms with van der Waals surface area (Å²) in [6, 6.07) is 5.86. The fourth-order valence-corrected chi connectivity index (χ4v) is 1.55. The van der Waals surface area contributed by atoms with Gasteiger partial charge >= 0.3 is 0 Å². The second-order valence-electron chi connectivity index (χ2n) is 3.31. The molecule has 4 nitrogen and oxygen atoms in total. The third-order valence-corrected chi connectivity index (χ3v) is 2.33. The van der Waals surface area contributed by atoms with Gasteiger partial charge in [0.1, 0.15) is 11.5 Å². The first-order chi connectivity index (χ1) is 7.74. The lowest BCUT2D eigenvalue weighted by Crippen LogP contribution is -2.04. The molecule has 0 aliphatic carbocycles. The van der Waals surface area contributed by atoms with E-state index in [0.29, 0.717) is 13.0 Å². The molecule has 0 atom stereocenters. The van der Waals surface area contributed by atoms with Crippen LogP contribution in [-0.4, -0.2) is 20.8 Å². The maximum absolute atomic E-state index is 8.47. The van der Waals surface area contributed by atoms with Gasteiger partial charge in [0.25, 0.3) is 0 Å². The van der Waals surface area contributed by atoms with Crippen LogP contribution in [0, 0.1) is 18.3 Å². The summed E-state index contributed by atoms with van der Waals surface area (Å²) < 4.78 is 10.5. The van der Waals surface area contributed by atoms with Crippen LogP contribution in [0.4, 0.5) is 5.69 Å². The first-order valence-corrected chi connectivity index (χ1v) is 5.07. The molecule has 0 heterocycles. The summed E-state index contributed by atoms with van der Waals surface area (Å²) in [6.07, 6.45) is 0.466. The molecule has 0 spiro atoms. The summed E-state index contributed by atoms with van der Waals surface area (Å²) in [5, 5.41) is 11.6. The van der Waals surface area contributed by atoms with Gasteiger partial charge in [-0.25, -0.2) is 0 Å². The van der Waals surface area contributed by atoms with Crippen molar-refractivity contribution < 1.29 is 9.47 Å². The number of methoxy groups -OCH3 is 2. The van der Waals surface area contributed by atoms with Crippen LogP contribution in [0.5, 0.6) is 11.5 Å². The highest BCUT2D eigenvalue weighted by Gasteiger charge is 2.10. The van der Waals surface area contributed by atoms with Crippen LogP contribution in [0.1, 0.15) is 12.0 Å². The van der Waals surface area contributed by atoms with Crippen molar-refractivity contribution in [1.82, 2.24) is 0 Å². The molecule has 0 aliphatic rings. The zero-order valence-electron chi connectivity index (χ0n) is 9.83. The van der Waals surface area contributed by atoms with E-state index in [9.17, 15) is 0 Å². The summed E-state index contributed by atoms with van der Waals surface area (Å²) in [6.45, 7) is 2.55. The van der Waals surface area contributed by atoms with E-state index in [1.807, 2.05) is 19.1 Å².